The standard InChI is InChI=1S/C13H11BrO2/c1-16-13-5-3-2-4-12(13)9-6-10(14)8-11(15)7-9/h2-8,15H,1H3. The Morgan fingerprint density at radius 1 is 1.12 bits per heavy atom. The molecule has 0 saturated heterocycles. The number of phenolic OH excluding ortho intramolecular Hbond substituents is 1. The van der Waals surface area contributed by atoms with Crippen molar-refractivity contribution in [1.29, 1.82) is 0 Å². The molecule has 0 amide bonds. The molecule has 0 aliphatic rings. The Bertz CT molecular complexity index is 489. The van der Waals surface area contributed by atoms with E-state index in [2.05, 4.69) is 15.9 Å². The van der Waals surface area contributed by atoms with Crippen LogP contribution in [0.1, 0.15) is 0 Å². The first-order valence-electron chi connectivity index (χ1n) is 4.83. The topological polar surface area (TPSA) is 29.5 Å². The van der Waals surface area contributed by atoms with E-state index in [9.17, 15) is 5.11 Å². The molecule has 0 fully saturated rings. The van der Waals surface area contributed by atoms with Gasteiger partial charge in [0.1, 0.15) is 11.5 Å². The van der Waals surface area contributed by atoms with Gasteiger partial charge in [0.15, 0.2) is 0 Å². The van der Waals surface area contributed by atoms with Gasteiger partial charge in [0.25, 0.3) is 0 Å². The SMILES string of the molecule is COc1ccccc1-c1cc(O)cc(Br)c1. The van der Waals surface area contributed by atoms with E-state index in [0.29, 0.717) is 0 Å². The second-order valence-corrected chi connectivity index (χ2v) is 4.31. The molecule has 0 heterocycles. The Labute approximate surface area is 103 Å². The van der Waals surface area contributed by atoms with Crippen LogP contribution in [0, 0.1) is 0 Å². The van der Waals surface area contributed by atoms with E-state index in [1.54, 1.807) is 19.2 Å². The third-order valence-electron chi connectivity index (χ3n) is 2.30. The summed E-state index contributed by atoms with van der Waals surface area (Å²) in [5.41, 5.74) is 1.88. The molecule has 2 aromatic rings. The molecule has 16 heavy (non-hydrogen) atoms. The van der Waals surface area contributed by atoms with Crippen molar-refractivity contribution >= 4 is 15.9 Å². The number of hydrogen-bond donors (Lipinski definition) is 1. The third-order valence-corrected chi connectivity index (χ3v) is 2.76. The predicted molar refractivity (Wildman–Crippen MR) is 67.8 cm³/mol. The highest BCUT2D eigenvalue weighted by Crippen LogP contribution is 2.33. The van der Waals surface area contributed by atoms with Crippen molar-refractivity contribution in [3.05, 3.63) is 46.9 Å². The van der Waals surface area contributed by atoms with E-state index >= 15 is 0 Å². The number of para-hydroxylation sites is 1. The molecular formula is C13H11BrO2. The number of ether oxygens (including phenoxy) is 1. The third kappa shape index (κ3) is 2.19. The van der Waals surface area contributed by atoms with Crippen LogP contribution >= 0.6 is 15.9 Å². The molecule has 2 aromatic carbocycles. The molecule has 0 aliphatic carbocycles. The summed E-state index contributed by atoms with van der Waals surface area (Å²) in [6, 6.07) is 13.0. The van der Waals surface area contributed by atoms with Crippen molar-refractivity contribution < 1.29 is 9.84 Å². The Morgan fingerprint density at radius 3 is 2.56 bits per heavy atom. The Morgan fingerprint density at radius 2 is 1.88 bits per heavy atom. The molecule has 0 saturated carbocycles. The van der Waals surface area contributed by atoms with Crippen molar-refractivity contribution in [2.75, 3.05) is 7.11 Å². The first-order valence-corrected chi connectivity index (χ1v) is 5.63. The molecule has 0 bridgehead atoms. The van der Waals surface area contributed by atoms with Gasteiger partial charge in [0.2, 0.25) is 0 Å². The fourth-order valence-corrected chi connectivity index (χ4v) is 2.09. The highest BCUT2D eigenvalue weighted by atomic mass is 79.9. The second kappa shape index (κ2) is 4.58. The lowest BCUT2D eigenvalue weighted by Gasteiger charge is -2.09. The molecule has 0 unspecified atom stereocenters. The molecular weight excluding hydrogens is 268 g/mol. The van der Waals surface area contributed by atoms with Crippen LogP contribution in [0.15, 0.2) is 46.9 Å². The van der Waals surface area contributed by atoms with Gasteiger partial charge in [-0.3, -0.25) is 0 Å². The normalized spacial score (nSPS) is 10.1. The lowest BCUT2D eigenvalue weighted by atomic mass is 10.0. The van der Waals surface area contributed by atoms with Gasteiger partial charge in [-0.2, -0.15) is 0 Å². The fraction of sp³-hybridized carbons (Fsp3) is 0.0769. The van der Waals surface area contributed by atoms with E-state index in [1.165, 1.54) is 0 Å². The monoisotopic (exact) mass is 278 g/mol. The van der Waals surface area contributed by atoms with Crippen LogP contribution in [0.2, 0.25) is 0 Å². The highest BCUT2D eigenvalue weighted by molar-refractivity contribution is 9.10. The summed E-state index contributed by atoms with van der Waals surface area (Å²) in [4.78, 5) is 0. The van der Waals surface area contributed by atoms with E-state index in [-0.39, 0.29) is 5.75 Å². The molecule has 82 valence electrons. The molecule has 3 heteroatoms. The zero-order valence-electron chi connectivity index (χ0n) is 8.77. The Balaban J connectivity index is 2.58. The minimum absolute atomic E-state index is 0.232. The first kappa shape index (κ1) is 11.0. The van der Waals surface area contributed by atoms with Gasteiger partial charge >= 0.3 is 0 Å². The lowest BCUT2D eigenvalue weighted by Crippen LogP contribution is -1.87. The summed E-state index contributed by atoms with van der Waals surface area (Å²) < 4.78 is 6.12. The first-order chi connectivity index (χ1) is 7.70. The van der Waals surface area contributed by atoms with Crippen LogP contribution in [-0.2, 0) is 0 Å². The van der Waals surface area contributed by atoms with Crippen LogP contribution in [-0.4, -0.2) is 12.2 Å². The number of aromatic hydroxyl groups is 1. The number of methoxy groups -OCH3 is 1. The van der Waals surface area contributed by atoms with E-state index in [0.717, 1.165) is 21.3 Å². The summed E-state index contributed by atoms with van der Waals surface area (Å²) in [6.07, 6.45) is 0. The maximum atomic E-state index is 9.55. The van der Waals surface area contributed by atoms with Crippen LogP contribution in [0.4, 0.5) is 0 Å². The summed E-state index contributed by atoms with van der Waals surface area (Å²) in [5, 5.41) is 9.55. The zero-order chi connectivity index (χ0) is 11.5. The average molecular weight is 279 g/mol. The number of benzene rings is 2. The van der Waals surface area contributed by atoms with Crippen LogP contribution in [0.5, 0.6) is 11.5 Å². The lowest BCUT2D eigenvalue weighted by molar-refractivity contribution is 0.416. The van der Waals surface area contributed by atoms with Crippen LogP contribution < -0.4 is 4.74 Å². The molecule has 1 N–H and O–H groups in total. The van der Waals surface area contributed by atoms with Gasteiger partial charge in [0, 0.05) is 10.0 Å². The van der Waals surface area contributed by atoms with Crippen molar-refractivity contribution in [1.82, 2.24) is 0 Å². The molecule has 0 aromatic heterocycles. The average Bonchev–Trinajstić information content (AvgIpc) is 2.27. The maximum absolute atomic E-state index is 9.55. The Hall–Kier alpha value is -1.48. The molecule has 2 rings (SSSR count). The van der Waals surface area contributed by atoms with E-state index in [4.69, 9.17) is 4.74 Å². The smallest absolute Gasteiger partial charge is 0.126 e. The van der Waals surface area contributed by atoms with Crippen molar-refractivity contribution in [3.63, 3.8) is 0 Å². The summed E-state index contributed by atoms with van der Waals surface area (Å²) in [5.74, 6) is 1.02. The molecule has 0 radical (unpaired) electrons. The van der Waals surface area contributed by atoms with Crippen molar-refractivity contribution in [3.8, 4) is 22.6 Å². The van der Waals surface area contributed by atoms with Crippen molar-refractivity contribution in [2.45, 2.75) is 0 Å². The van der Waals surface area contributed by atoms with Gasteiger partial charge in [-0.25, -0.2) is 0 Å². The molecule has 0 atom stereocenters. The van der Waals surface area contributed by atoms with E-state index in [1.807, 2.05) is 30.3 Å². The van der Waals surface area contributed by atoms with Crippen molar-refractivity contribution in [2.24, 2.45) is 0 Å². The van der Waals surface area contributed by atoms with Gasteiger partial charge in [-0.1, -0.05) is 34.1 Å². The number of phenols is 1. The van der Waals surface area contributed by atoms with Gasteiger partial charge < -0.3 is 9.84 Å². The number of halogens is 1. The number of hydrogen-bond acceptors (Lipinski definition) is 2. The predicted octanol–water partition coefficient (Wildman–Crippen LogP) is 3.83. The zero-order valence-corrected chi connectivity index (χ0v) is 10.4. The quantitative estimate of drug-likeness (QED) is 0.905. The highest BCUT2D eigenvalue weighted by Gasteiger charge is 2.06. The molecule has 2 nitrogen and oxygen atoms in total. The minimum Gasteiger partial charge on any atom is -0.508 e. The van der Waals surface area contributed by atoms with Gasteiger partial charge in [-0.05, 0) is 29.8 Å². The molecule has 0 spiro atoms. The van der Waals surface area contributed by atoms with E-state index < -0.39 is 0 Å². The largest absolute Gasteiger partial charge is 0.508 e. The van der Waals surface area contributed by atoms with Gasteiger partial charge in [0.05, 0.1) is 7.11 Å². The van der Waals surface area contributed by atoms with Crippen LogP contribution in [0.3, 0.4) is 0 Å². The summed E-state index contributed by atoms with van der Waals surface area (Å²) in [6.45, 7) is 0. The van der Waals surface area contributed by atoms with Gasteiger partial charge in [-0.15, -0.1) is 0 Å². The fourth-order valence-electron chi connectivity index (χ4n) is 1.61. The summed E-state index contributed by atoms with van der Waals surface area (Å²) in [7, 11) is 1.64. The Kier molecular flexibility index (Phi) is 3.15. The maximum Gasteiger partial charge on any atom is 0.126 e. The summed E-state index contributed by atoms with van der Waals surface area (Å²) >= 11 is 3.36. The number of rotatable bonds is 2. The minimum atomic E-state index is 0.232. The van der Waals surface area contributed by atoms with Crippen LogP contribution in [0.25, 0.3) is 11.1 Å². The molecule has 0 aliphatic heterocycles. The second-order valence-electron chi connectivity index (χ2n) is 3.40.